The minimum atomic E-state index is -0.649. The highest BCUT2D eigenvalue weighted by Gasteiger charge is 2.45. The predicted octanol–water partition coefficient (Wildman–Crippen LogP) is 4.17. The quantitative estimate of drug-likeness (QED) is 0.322. The maximum absolute atomic E-state index is 13.2. The Kier molecular flexibility index (Phi) is 8.44. The highest BCUT2D eigenvalue weighted by molar-refractivity contribution is 6.46. The monoisotopic (exact) mass is 492 g/mol. The van der Waals surface area contributed by atoms with E-state index in [1.807, 2.05) is 31.2 Å². The molecule has 0 saturated carbocycles. The average molecular weight is 493 g/mol. The lowest BCUT2D eigenvalue weighted by atomic mass is 9.94. The fourth-order valence-electron chi connectivity index (χ4n) is 4.62. The summed E-state index contributed by atoms with van der Waals surface area (Å²) < 4.78 is 11.2. The van der Waals surface area contributed by atoms with Crippen molar-refractivity contribution in [2.75, 3.05) is 46.0 Å². The summed E-state index contributed by atoms with van der Waals surface area (Å²) in [4.78, 5) is 30.3. The molecule has 36 heavy (non-hydrogen) atoms. The van der Waals surface area contributed by atoms with Crippen LogP contribution in [0.4, 0.5) is 0 Å². The summed E-state index contributed by atoms with van der Waals surface area (Å²) in [6, 6.07) is 14.1. The molecule has 1 N–H and O–H groups in total. The fourth-order valence-corrected chi connectivity index (χ4v) is 4.62. The Bertz CT molecular complexity index is 1090. The maximum atomic E-state index is 13.2. The van der Waals surface area contributed by atoms with Gasteiger partial charge in [0.2, 0.25) is 0 Å². The van der Waals surface area contributed by atoms with Gasteiger partial charge in [0.05, 0.1) is 31.4 Å². The molecule has 7 heteroatoms. The fraction of sp³-hybridized carbons (Fsp3) is 0.448. The first-order valence-electron chi connectivity index (χ1n) is 12.7. The average Bonchev–Trinajstić information content (AvgIpc) is 3.13. The van der Waals surface area contributed by atoms with Crippen molar-refractivity contribution in [3.05, 3.63) is 70.8 Å². The number of rotatable bonds is 9. The second-order valence-electron chi connectivity index (χ2n) is 9.94. The Labute approximate surface area is 213 Å². The lowest BCUT2D eigenvalue weighted by Crippen LogP contribution is -2.38. The van der Waals surface area contributed by atoms with E-state index < -0.39 is 17.7 Å². The van der Waals surface area contributed by atoms with Gasteiger partial charge >= 0.3 is 0 Å². The van der Waals surface area contributed by atoms with Crippen molar-refractivity contribution in [3.63, 3.8) is 0 Å². The van der Waals surface area contributed by atoms with Gasteiger partial charge in [0, 0.05) is 31.7 Å². The normalized spacial score (nSPS) is 20.3. The summed E-state index contributed by atoms with van der Waals surface area (Å²) in [6.45, 7) is 11.2. The molecule has 2 aliphatic heterocycles. The number of hydrogen-bond donors (Lipinski definition) is 1. The molecule has 0 spiro atoms. The number of hydrogen-bond acceptors (Lipinski definition) is 6. The molecule has 1 amide bonds. The molecule has 0 bridgehead atoms. The number of morpholine rings is 1. The Morgan fingerprint density at radius 1 is 1.03 bits per heavy atom. The van der Waals surface area contributed by atoms with E-state index in [4.69, 9.17) is 9.47 Å². The summed E-state index contributed by atoms with van der Waals surface area (Å²) in [5.41, 5.74) is 2.51. The minimum Gasteiger partial charge on any atom is -0.507 e. The molecular weight excluding hydrogens is 456 g/mol. The Hall–Kier alpha value is -3.16. The minimum absolute atomic E-state index is 0.131. The van der Waals surface area contributed by atoms with E-state index in [1.165, 1.54) is 0 Å². The summed E-state index contributed by atoms with van der Waals surface area (Å²) in [7, 11) is 0. The van der Waals surface area contributed by atoms with Crippen molar-refractivity contribution in [2.45, 2.75) is 33.2 Å². The third kappa shape index (κ3) is 5.97. The van der Waals surface area contributed by atoms with Crippen molar-refractivity contribution in [1.82, 2.24) is 9.80 Å². The number of benzene rings is 2. The SMILES string of the molecule is Cc1ccc([C@H]2/C(=C(\O)c3ccc(OCC(C)C)cc3)C(=O)C(=O)N2CCCN2CCOCC2)cc1. The van der Waals surface area contributed by atoms with Gasteiger partial charge in [0.25, 0.3) is 11.7 Å². The van der Waals surface area contributed by atoms with Crippen LogP contribution in [0.3, 0.4) is 0 Å². The maximum Gasteiger partial charge on any atom is 0.295 e. The third-order valence-electron chi connectivity index (χ3n) is 6.62. The van der Waals surface area contributed by atoms with Crippen molar-refractivity contribution < 1.29 is 24.2 Å². The summed E-state index contributed by atoms with van der Waals surface area (Å²) in [5, 5.41) is 11.3. The Morgan fingerprint density at radius 3 is 2.33 bits per heavy atom. The summed E-state index contributed by atoms with van der Waals surface area (Å²) in [6.07, 6.45) is 0.733. The van der Waals surface area contributed by atoms with Crippen molar-refractivity contribution in [2.24, 2.45) is 5.92 Å². The second kappa shape index (κ2) is 11.7. The molecule has 1 atom stereocenters. The zero-order valence-electron chi connectivity index (χ0n) is 21.4. The molecular formula is C29H36N2O5. The number of Topliss-reactive ketones (excluding diaryl/α,β-unsaturated/α-hetero) is 1. The molecule has 2 saturated heterocycles. The first kappa shape index (κ1) is 25.9. The van der Waals surface area contributed by atoms with Crippen LogP contribution in [0, 0.1) is 12.8 Å². The molecule has 4 rings (SSSR count). The van der Waals surface area contributed by atoms with Gasteiger partial charge in [-0.1, -0.05) is 43.7 Å². The number of aryl methyl sites for hydroxylation is 1. The van der Waals surface area contributed by atoms with Crippen molar-refractivity contribution in [1.29, 1.82) is 0 Å². The van der Waals surface area contributed by atoms with E-state index in [-0.39, 0.29) is 11.3 Å². The van der Waals surface area contributed by atoms with Crippen LogP contribution in [0.2, 0.25) is 0 Å². The van der Waals surface area contributed by atoms with Crippen LogP contribution in [-0.2, 0) is 14.3 Å². The van der Waals surface area contributed by atoms with E-state index in [9.17, 15) is 14.7 Å². The zero-order chi connectivity index (χ0) is 25.7. The van der Waals surface area contributed by atoms with Gasteiger partial charge in [0.15, 0.2) is 0 Å². The van der Waals surface area contributed by atoms with E-state index >= 15 is 0 Å². The van der Waals surface area contributed by atoms with E-state index in [0.717, 1.165) is 50.4 Å². The third-order valence-corrected chi connectivity index (χ3v) is 6.62. The van der Waals surface area contributed by atoms with Gasteiger partial charge in [0.1, 0.15) is 11.5 Å². The molecule has 0 aliphatic carbocycles. The van der Waals surface area contributed by atoms with Crippen LogP contribution in [-0.4, -0.2) is 72.6 Å². The van der Waals surface area contributed by atoms with Crippen LogP contribution in [0.25, 0.3) is 5.76 Å². The predicted molar refractivity (Wildman–Crippen MR) is 139 cm³/mol. The summed E-state index contributed by atoms with van der Waals surface area (Å²) >= 11 is 0. The van der Waals surface area contributed by atoms with Gasteiger partial charge in [-0.2, -0.15) is 0 Å². The van der Waals surface area contributed by atoms with Crippen LogP contribution in [0.1, 0.15) is 43.0 Å². The van der Waals surface area contributed by atoms with Crippen LogP contribution >= 0.6 is 0 Å². The zero-order valence-corrected chi connectivity index (χ0v) is 21.4. The van der Waals surface area contributed by atoms with Gasteiger partial charge in [-0.25, -0.2) is 0 Å². The Balaban J connectivity index is 1.61. The molecule has 0 unspecified atom stereocenters. The van der Waals surface area contributed by atoms with Gasteiger partial charge in [-0.05, 0) is 49.1 Å². The second-order valence-corrected chi connectivity index (χ2v) is 9.94. The molecule has 2 aromatic carbocycles. The van der Waals surface area contributed by atoms with E-state index in [0.29, 0.717) is 30.4 Å². The highest BCUT2D eigenvalue weighted by Crippen LogP contribution is 2.39. The molecule has 192 valence electrons. The number of ether oxygens (including phenoxy) is 2. The standard InChI is InChI=1S/C29H36N2O5/c1-20(2)19-36-24-11-9-23(10-12-24)27(32)25-26(22-7-5-21(3)6-8-22)31(29(34)28(25)33)14-4-13-30-15-17-35-18-16-30/h5-12,20,26,32H,4,13-19H2,1-3H3/b27-25+/t26-/m0/s1. The van der Waals surface area contributed by atoms with Gasteiger partial charge in [-0.3, -0.25) is 14.5 Å². The number of aliphatic hydroxyl groups excluding tert-OH is 1. The molecule has 0 aromatic heterocycles. The topological polar surface area (TPSA) is 79.3 Å². The van der Waals surface area contributed by atoms with Crippen molar-refractivity contribution in [3.8, 4) is 5.75 Å². The molecule has 2 aromatic rings. The smallest absolute Gasteiger partial charge is 0.295 e. The molecule has 0 radical (unpaired) electrons. The van der Waals surface area contributed by atoms with E-state index in [2.05, 4.69) is 18.7 Å². The van der Waals surface area contributed by atoms with Gasteiger partial charge in [-0.15, -0.1) is 0 Å². The molecule has 2 heterocycles. The van der Waals surface area contributed by atoms with E-state index in [1.54, 1.807) is 29.2 Å². The molecule has 2 aliphatic rings. The number of carbonyl (C=O) groups is 2. The van der Waals surface area contributed by atoms with Crippen molar-refractivity contribution >= 4 is 17.4 Å². The number of carbonyl (C=O) groups excluding carboxylic acids is 2. The largest absolute Gasteiger partial charge is 0.507 e. The van der Waals surface area contributed by atoms with Crippen LogP contribution in [0.5, 0.6) is 5.75 Å². The number of ketones is 1. The first-order chi connectivity index (χ1) is 17.3. The lowest BCUT2D eigenvalue weighted by Gasteiger charge is -2.29. The molecule has 7 nitrogen and oxygen atoms in total. The summed E-state index contributed by atoms with van der Waals surface area (Å²) in [5.74, 6) is -0.290. The number of nitrogens with zero attached hydrogens (tertiary/aromatic N) is 2. The number of likely N-dealkylation sites (tertiary alicyclic amines) is 1. The first-order valence-corrected chi connectivity index (χ1v) is 12.7. The Morgan fingerprint density at radius 2 is 1.69 bits per heavy atom. The number of amides is 1. The highest BCUT2D eigenvalue weighted by atomic mass is 16.5. The van der Waals surface area contributed by atoms with Crippen LogP contribution in [0.15, 0.2) is 54.1 Å². The lowest BCUT2D eigenvalue weighted by molar-refractivity contribution is -0.140. The number of aliphatic hydroxyl groups is 1. The molecule has 2 fully saturated rings. The van der Waals surface area contributed by atoms with Crippen LogP contribution < -0.4 is 4.74 Å². The van der Waals surface area contributed by atoms with Gasteiger partial charge < -0.3 is 19.5 Å².